The van der Waals surface area contributed by atoms with Gasteiger partial charge in [-0.3, -0.25) is 0 Å². The van der Waals surface area contributed by atoms with Crippen molar-refractivity contribution in [3.63, 3.8) is 0 Å². The molecule has 100 valence electrons. The predicted molar refractivity (Wildman–Crippen MR) is 68.3 cm³/mol. The van der Waals surface area contributed by atoms with Crippen LogP contribution in [0.25, 0.3) is 0 Å². The van der Waals surface area contributed by atoms with Gasteiger partial charge in [0.2, 0.25) is 5.88 Å². The lowest BCUT2D eigenvalue weighted by atomic mass is 9.82. The average Bonchev–Trinajstić information content (AvgIpc) is 2.47. The summed E-state index contributed by atoms with van der Waals surface area (Å²) < 4.78 is 4.97. The Kier molecular flexibility index (Phi) is 4.49. The molecule has 0 unspecified atom stereocenters. The Bertz CT molecular complexity index is 361. The Labute approximate surface area is 108 Å². The van der Waals surface area contributed by atoms with Crippen LogP contribution < -0.4 is 10.1 Å². The number of hydrogen-bond donors (Lipinski definition) is 2. The van der Waals surface area contributed by atoms with Crippen LogP contribution in [0.3, 0.4) is 0 Å². The molecule has 1 fully saturated rings. The van der Waals surface area contributed by atoms with Crippen LogP contribution >= 0.6 is 0 Å². The second-order valence-corrected chi connectivity index (χ2v) is 4.92. The minimum atomic E-state index is -0.125. The molecule has 1 aromatic rings. The SMILES string of the molecule is COc1ccc(CNC2(CO)CCCCC2)nn1. The largest absolute Gasteiger partial charge is 0.480 e. The molecule has 0 aromatic carbocycles. The number of hydrogen-bond acceptors (Lipinski definition) is 5. The zero-order valence-electron chi connectivity index (χ0n) is 10.9. The number of methoxy groups -OCH3 is 1. The van der Waals surface area contributed by atoms with Crippen molar-refractivity contribution < 1.29 is 9.84 Å². The summed E-state index contributed by atoms with van der Waals surface area (Å²) in [7, 11) is 1.57. The Morgan fingerprint density at radius 2 is 2.06 bits per heavy atom. The lowest BCUT2D eigenvalue weighted by Gasteiger charge is -2.36. The highest BCUT2D eigenvalue weighted by Gasteiger charge is 2.30. The van der Waals surface area contributed by atoms with Gasteiger partial charge in [-0.15, -0.1) is 5.10 Å². The van der Waals surface area contributed by atoms with Crippen LogP contribution in [0.5, 0.6) is 5.88 Å². The second kappa shape index (κ2) is 6.11. The molecule has 1 aliphatic rings. The van der Waals surface area contributed by atoms with E-state index in [0.717, 1.165) is 18.5 Å². The van der Waals surface area contributed by atoms with Gasteiger partial charge >= 0.3 is 0 Å². The quantitative estimate of drug-likeness (QED) is 0.825. The number of ether oxygens (including phenoxy) is 1. The highest BCUT2D eigenvalue weighted by molar-refractivity contribution is 5.11. The molecule has 1 saturated carbocycles. The van der Waals surface area contributed by atoms with Gasteiger partial charge in [0, 0.05) is 18.2 Å². The molecule has 1 aliphatic carbocycles. The molecule has 2 rings (SSSR count). The third-order valence-corrected chi connectivity index (χ3v) is 3.66. The van der Waals surface area contributed by atoms with Gasteiger partial charge in [-0.25, -0.2) is 0 Å². The lowest BCUT2D eigenvalue weighted by molar-refractivity contribution is 0.119. The molecule has 0 bridgehead atoms. The number of nitrogens with one attached hydrogen (secondary N) is 1. The molecule has 0 spiro atoms. The van der Waals surface area contributed by atoms with Crippen LogP contribution in [0.2, 0.25) is 0 Å². The maximum Gasteiger partial charge on any atom is 0.233 e. The molecule has 18 heavy (non-hydrogen) atoms. The Hall–Kier alpha value is -1.20. The second-order valence-electron chi connectivity index (χ2n) is 4.92. The fourth-order valence-electron chi connectivity index (χ4n) is 2.45. The Balaban J connectivity index is 1.92. The smallest absolute Gasteiger partial charge is 0.233 e. The summed E-state index contributed by atoms with van der Waals surface area (Å²) in [5.74, 6) is 0.522. The van der Waals surface area contributed by atoms with E-state index in [1.54, 1.807) is 13.2 Å². The molecule has 5 heteroatoms. The first kappa shape index (κ1) is 13.2. The zero-order valence-corrected chi connectivity index (χ0v) is 10.9. The van der Waals surface area contributed by atoms with E-state index in [9.17, 15) is 5.11 Å². The molecule has 0 radical (unpaired) electrons. The van der Waals surface area contributed by atoms with Crippen molar-refractivity contribution in [2.24, 2.45) is 0 Å². The third kappa shape index (κ3) is 3.17. The maximum absolute atomic E-state index is 9.58. The van der Waals surface area contributed by atoms with Gasteiger partial charge < -0.3 is 15.2 Å². The normalized spacial score (nSPS) is 18.6. The van der Waals surface area contributed by atoms with Gasteiger partial charge in [0.15, 0.2) is 0 Å². The van der Waals surface area contributed by atoms with Crippen LogP contribution in [0.1, 0.15) is 37.8 Å². The van der Waals surface area contributed by atoms with E-state index >= 15 is 0 Å². The van der Waals surface area contributed by atoms with E-state index in [1.807, 2.05) is 6.07 Å². The van der Waals surface area contributed by atoms with Crippen molar-refractivity contribution in [1.29, 1.82) is 0 Å². The Morgan fingerprint density at radius 1 is 1.28 bits per heavy atom. The molecular weight excluding hydrogens is 230 g/mol. The molecule has 0 saturated heterocycles. The van der Waals surface area contributed by atoms with Crippen LogP contribution in [0, 0.1) is 0 Å². The first-order valence-corrected chi connectivity index (χ1v) is 6.50. The maximum atomic E-state index is 9.58. The van der Waals surface area contributed by atoms with E-state index in [-0.39, 0.29) is 12.1 Å². The molecule has 0 atom stereocenters. The van der Waals surface area contributed by atoms with Gasteiger partial charge in [-0.05, 0) is 18.9 Å². The summed E-state index contributed by atoms with van der Waals surface area (Å²) in [6, 6.07) is 3.70. The first-order valence-electron chi connectivity index (χ1n) is 6.50. The third-order valence-electron chi connectivity index (χ3n) is 3.66. The summed E-state index contributed by atoms with van der Waals surface area (Å²) in [6.07, 6.45) is 5.70. The fourth-order valence-corrected chi connectivity index (χ4v) is 2.45. The van der Waals surface area contributed by atoms with Crippen molar-refractivity contribution in [3.8, 4) is 5.88 Å². The first-order chi connectivity index (χ1) is 8.78. The fraction of sp³-hybridized carbons (Fsp3) is 0.692. The average molecular weight is 251 g/mol. The number of rotatable bonds is 5. The molecule has 2 N–H and O–H groups in total. The van der Waals surface area contributed by atoms with Crippen molar-refractivity contribution >= 4 is 0 Å². The topological polar surface area (TPSA) is 67.3 Å². The van der Waals surface area contributed by atoms with Crippen LogP contribution in [-0.2, 0) is 6.54 Å². The van der Waals surface area contributed by atoms with Gasteiger partial charge in [0.25, 0.3) is 0 Å². The summed E-state index contributed by atoms with van der Waals surface area (Å²) in [5.41, 5.74) is 0.744. The van der Waals surface area contributed by atoms with E-state index in [1.165, 1.54) is 19.3 Å². The Morgan fingerprint density at radius 3 is 2.61 bits per heavy atom. The highest BCUT2D eigenvalue weighted by atomic mass is 16.5. The summed E-state index contributed by atoms with van der Waals surface area (Å²) >= 11 is 0. The number of nitrogens with zero attached hydrogens (tertiary/aromatic N) is 2. The predicted octanol–water partition coefficient (Wildman–Crippen LogP) is 1.27. The van der Waals surface area contributed by atoms with Gasteiger partial charge in [0.1, 0.15) is 0 Å². The van der Waals surface area contributed by atoms with Crippen molar-refractivity contribution in [1.82, 2.24) is 15.5 Å². The number of aliphatic hydroxyl groups is 1. The molecule has 0 amide bonds. The number of aromatic nitrogens is 2. The molecule has 0 aliphatic heterocycles. The molecular formula is C13H21N3O2. The standard InChI is InChI=1S/C13H21N3O2/c1-18-12-6-5-11(15-16-12)9-14-13(10-17)7-3-2-4-8-13/h5-6,14,17H,2-4,7-10H2,1H3. The number of aliphatic hydroxyl groups excluding tert-OH is 1. The summed E-state index contributed by atoms with van der Waals surface area (Å²) in [6.45, 7) is 0.828. The van der Waals surface area contributed by atoms with Crippen LogP contribution in [0.4, 0.5) is 0 Å². The highest BCUT2D eigenvalue weighted by Crippen LogP contribution is 2.27. The van der Waals surface area contributed by atoms with E-state index in [2.05, 4.69) is 15.5 Å². The molecule has 1 heterocycles. The molecule has 5 nitrogen and oxygen atoms in total. The van der Waals surface area contributed by atoms with Crippen LogP contribution in [-0.4, -0.2) is 34.6 Å². The van der Waals surface area contributed by atoms with Crippen molar-refractivity contribution in [2.45, 2.75) is 44.2 Å². The molecule has 1 aromatic heterocycles. The van der Waals surface area contributed by atoms with Gasteiger partial charge in [-0.2, -0.15) is 5.10 Å². The summed E-state index contributed by atoms with van der Waals surface area (Å²) in [4.78, 5) is 0. The zero-order chi connectivity index (χ0) is 12.8. The van der Waals surface area contributed by atoms with Gasteiger partial charge in [0.05, 0.1) is 19.4 Å². The van der Waals surface area contributed by atoms with Crippen molar-refractivity contribution in [3.05, 3.63) is 17.8 Å². The monoisotopic (exact) mass is 251 g/mol. The van der Waals surface area contributed by atoms with E-state index in [4.69, 9.17) is 4.74 Å². The van der Waals surface area contributed by atoms with Gasteiger partial charge in [-0.1, -0.05) is 19.3 Å². The van der Waals surface area contributed by atoms with Crippen LogP contribution in [0.15, 0.2) is 12.1 Å². The van der Waals surface area contributed by atoms with Crippen molar-refractivity contribution in [2.75, 3.05) is 13.7 Å². The van der Waals surface area contributed by atoms with E-state index in [0.29, 0.717) is 12.4 Å². The lowest BCUT2D eigenvalue weighted by Crippen LogP contribution is -2.49. The van der Waals surface area contributed by atoms with E-state index < -0.39 is 0 Å². The summed E-state index contributed by atoms with van der Waals surface area (Å²) in [5, 5.41) is 21.0. The minimum Gasteiger partial charge on any atom is -0.480 e. The minimum absolute atomic E-state index is 0.125.